The van der Waals surface area contributed by atoms with Crippen LogP contribution in [0, 0.1) is 28.6 Å². The molecule has 1 heterocycles. The first kappa shape index (κ1) is 43.0. The molecule has 0 aromatic carbocycles. The summed E-state index contributed by atoms with van der Waals surface area (Å²) < 4.78 is 0. The topological polar surface area (TPSA) is 149 Å². The predicted molar refractivity (Wildman–Crippen MR) is 207 cm³/mol. The van der Waals surface area contributed by atoms with Gasteiger partial charge in [-0.25, -0.2) is 4.79 Å². The van der Waals surface area contributed by atoms with Gasteiger partial charge in [0.15, 0.2) is 5.78 Å². The molecule has 5 N–H and O–H groups in total. The second-order valence-corrected chi connectivity index (χ2v) is 17.4. The molecule has 3 fully saturated rings. The lowest BCUT2D eigenvalue weighted by atomic mass is 9.70. The van der Waals surface area contributed by atoms with Crippen LogP contribution in [0.5, 0.6) is 0 Å². The Balaban J connectivity index is 1.80. The minimum absolute atomic E-state index is 0.0449. The summed E-state index contributed by atoms with van der Waals surface area (Å²) in [5, 5.41) is 15.2. The van der Waals surface area contributed by atoms with Gasteiger partial charge in [-0.15, -0.1) is 6.58 Å². The number of carbonyl (C=O) groups is 5. The molecule has 2 unspecified atom stereocenters. The second kappa shape index (κ2) is 19.6. The van der Waals surface area contributed by atoms with E-state index in [0.717, 1.165) is 38.6 Å². The van der Waals surface area contributed by atoms with E-state index in [2.05, 4.69) is 81.3 Å². The smallest absolute Gasteiger partial charge is 0.315 e. The van der Waals surface area contributed by atoms with Crippen LogP contribution in [0.4, 0.5) is 4.79 Å². The van der Waals surface area contributed by atoms with Gasteiger partial charge in [-0.3, -0.25) is 19.2 Å². The maximum Gasteiger partial charge on any atom is 0.315 e. The number of rotatable bonds is 20. The van der Waals surface area contributed by atoms with Crippen LogP contribution in [0.1, 0.15) is 132 Å². The fourth-order valence-electron chi connectivity index (χ4n) is 7.70. The van der Waals surface area contributed by atoms with E-state index in [1.54, 1.807) is 11.0 Å². The van der Waals surface area contributed by atoms with Gasteiger partial charge in [-0.2, -0.15) is 0 Å². The fraction of sp³-hybridized carbons (Fsp3) is 0.780. The monoisotopic (exact) mass is 727 g/mol. The largest absolute Gasteiger partial charge is 0.379 e. The number of ketones is 1. The number of nitrogens with zero attached hydrogens (tertiary/aromatic N) is 1. The number of nitrogens with one attached hydrogen (secondary N) is 5. The second-order valence-electron chi connectivity index (χ2n) is 17.4. The molecule has 2 saturated carbocycles. The highest BCUT2D eigenvalue weighted by Crippen LogP contribution is 2.41. The third-order valence-corrected chi connectivity index (χ3v) is 11.6. The zero-order valence-corrected chi connectivity index (χ0v) is 33.3. The molecule has 11 nitrogen and oxygen atoms in total. The van der Waals surface area contributed by atoms with Crippen LogP contribution < -0.4 is 26.6 Å². The van der Waals surface area contributed by atoms with Gasteiger partial charge in [0, 0.05) is 32.1 Å². The summed E-state index contributed by atoms with van der Waals surface area (Å²) >= 11 is 0. The van der Waals surface area contributed by atoms with E-state index < -0.39 is 29.6 Å². The Kier molecular flexibility index (Phi) is 16.2. The van der Waals surface area contributed by atoms with Crippen molar-refractivity contribution in [1.29, 1.82) is 0 Å². The number of carbonyl (C=O) groups excluding carboxylic acids is 5. The summed E-state index contributed by atoms with van der Waals surface area (Å²) in [5.41, 5.74) is -0.558. The zero-order valence-electron chi connectivity index (χ0n) is 33.3. The Morgan fingerprint density at radius 2 is 1.63 bits per heavy atom. The molecule has 11 heteroatoms. The molecule has 0 bridgehead atoms. The van der Waals surface area contributed by atoms with Crippen molar-refractivity contribution in [3.8, 4) is 0 Å². The lowest BCUT2D eigenvalue weighted by Gasteiger charge is -2.43. The van der Waals surface area contributed by atoms with Crippen LogP contribution in [0.25, 0.3) is 0 Å². The molecular weight excluding hydrogens is 656 g/mol. The first-order valence-corrected chi connectivity index (χ1v) is 20.0. The van der Waals surface area contributed by atoms with E-state index in [9.17, 15) is 24.0 Å². The average Bonchev–Trinajstić information content (AvgIpc) is 3.81. The fourth-order valence-corrected chi connectivity index (χ4v) is 7.70. The van der Waals surface area contributed by atoms with E-state index >= 15 is 0 Å². The SMILES string of the molecule is C=CCNC(=C)C(=O)C(CCC)NC(=O)C1C[C@@H](C(C)C)CN1C(=O)[C@@H](NC(=O)N[C@H](CCCC(=O)NCC1CC1)C(C)(C)C)C1(C)CCCCC1. The quantitative estimate of drug-likeness (QED) is 0.0797. The zero-order chi connectivity index (χ0) is 38.6. The molecule has 0 aromatic heterocycles. The first-order chi connectivity index (χ1) is 24.5. The summed E-state index contributed by atoms with van der Waals surface area (Å²) in [6.07, 6.45) is 11.8. The maximum atomic E-state index is 14.8. The normalized spacial score (nSPS) is 21.7. The molecule has 3 rings (SSSR count). The van der Waals surface area contributed by atoms with Crippen molar-refractivity contribution < 1.29 is 24.0 Å². The van der Waals surface area contributed by atoms with Crippen LogP contribution in [0.2, 0.25) is 0 Å². The van der Waals surface area contributed by atoms with E-state index in [1.807, 2.05) is 6.92 Å². The van der Waals surface area contributed by atoms with Crippen molar-refractivity contribution in [2.75, 3.05) is 19.6 Å². The van der Waals surface area contributed by atoms with Crippen molar-refractivity contribution >= 4 is 29.5 Å². The number of urea groups is 1. The number of amides is 5. The third kappa shape index (κ3) is 12.6. The molecule has 3 aliphatic rings. The van der Waals surface area contributed by atoms with Gasteiger partial charge >= 0.3 is 6.03 Å². The molecule has 2 aliphatic carbocycles. The third-order valence-electron chi connectivity index (χ3n) is 11.6. The lowest BCUT2D eigenvalue weighted by Crippen LogP contribution is -2.62. The standard InChI is InChI=1S/C41H70N6O5/c1-10-16-31(35(49)28(5)42-23-11-2)44-37(50)32-24-30(27(3)4)26-47(32)38(51)36(41(9)21-13-12-14-22-41)46-39(52)45-33(40(6,7)8)17-15-18-34(48)43-25-29-19-20-29/h11,27,29-33,36,42H,2,5,10,12-26H2,1,3-4,6-9H3,(H,43,48)(H,44,50)(H2,45,46,52)/t30-,31?,32?,33-,36-/m1/s1. The Morgan fingerprint density at radius 3 is 2.21 bits per heavy atom. The average molecular weight is 727 g/mol. The summed E-state index contributed by atoms with van der Waals surface area (Å²) in [7, 11) is 0. The first-order valence-electron chi connectivity index (χ1n) is 20.0. The Bertz CT molecular complexity index is 1260. The molecule has 0 spiro atoms. The van der Waals surface area contributed by atoms with Crippen molar-refractivity contribution in [3.63, 3.8) is 0 Å². The lowest BCUT2D eigenvalue weighted by molar-refractivity contribution is -0.143. The molecular formula is C41H70N6O5. The molecule has 0 radical (unpaired) electrons. The highest BCUT2D eigenvalue weighted by atomic mass is 16.2. The minimum atomic E-state index is -0.834. The van der Waals surface area contributed by atoms with Crippen molar-refractivity contribution in [1.82, 2.24) is 31.5 Å². The number of likely N-dealkylation sites (tertiary alicyclic amines) is 1. The van der Waals surface area contributed by atoms with Gasteiger partial charge in [0.2, 0.25) is 17.7 Å². The van der Waals surface area contributed by atoms with Crippen molar-refractivity contribution in [2.45, 2.75) is 156 Å². The number of hydrogen-bond acceptors (Lipinski definition) is 6. The molecule has 5 amide bonds. The summed E-state index contributed by atoms with van der Waals surface area (Å²) in [4.78, 5) is 70.2. The molecule has 294 valence electrons. The van der Waals surface area contributed by atoms with Gasteiger partial charge in [0.05, 0.1) is 11.7 Å². The Labute approximate surface area is 313 Å². The van der Waals surface area contributed by atoms with Gasteiger partial charge in [-0.05, 0) is 80.0 Å². The van der Waals surface area contributed by atoms with E-state index in [-0.39, 0.29) is 52.5 Å². The molecule has 1 saturated heterocycles. The van der Waals surface area contributed by atoms with Crippen LogP contribution in [0.15, 0.2) is 24.9 Å². The summed E-state index contributed by atoms with van der Waals surface area (Å²) in [6, 6.07) is -3.01. The highest BCUT2D eigenvalue weighted by molar-refractivity contribution is 6.01. The molecule has 5 atom stereocenters. The highest BCUT2D eigenvalue weighted by Gasteiger charge is 2.48. The van der Waals surface area contributed by atoms with Gasteiger partial charge < -0.3 is 31.5 Å². The molecule has 0 aromatic rings. The van der Waals surface area contributed by atoms with Crippen LogP contribution in [-0.2, 0) is 19.2 Å². The predicted octanol–water partition coefficient (Wildman–Crippen LogP) is 5.75. The molecule has 52 heavy (non-hydrogen) atoms. The van der Waals surface area contributed by atoms with E-state index in [4.69, 9.17) is 0 Å². The van der Waals surface area contributed by atoms with Crippen LogP contribution in [0.3, 0.4) is 0 Å². The Morgan fingerprint density at radius 1 is 0.962 bits per heavy atom. The summed E-state index contributed by atoms with van der Waals surface area (Å²) in [5.74, 6) is 0.0909. The molecule has 1 aliphatic heterocycles. The van der Waals surface area contributed by atoms with Crippen molar-refractivity contribution in [2.24, 2.45) is 28.6 Å². The number of Topliss-reactive ketones (excluding diaryl/α,β-unsaturated/α-hetero) is 1. The van der Waals surface area contributed by atoms with Gasteiger partial charge in [0.25, 0.3) is 0 Å². The van der Waals surface area contributed by atoms with Crippen molar-refractivity contribution in [3.05, 3.63) is 24.9 Å². The maximum absolute atomic E-state index is 14.8. The number of hydrogen-bond donors (Lipinski definition) is 5. The van der Waals surface area contributed by atoms with Crippen LogP contribution >= 0.6 is 0 Å². The van der Waals surface area contributed by atoms with E-state index in [0.29, 0.717) is 57.5 Å². The summed E-state index contributed by atoms with van der Waals surface area (Å²) in [6.45, 7) is 23.5. The van der Waals surface area contributed by atoms with Gasteiger partial charge in [0.1, 0.15) is 12.1 Å². The van der Waals surface area contributed by atoms with Gasteiger partial charge in [-0.1, -0.05) is 86.8 Å². The Hall–Kier alpha value is -3.37. The van der Waals surface area contributed by atoms with E-state index in [1.165, 1.54) is 12.8 Å². The van der Waals surface area contributed by atoms with Crippen LogP contribution in [-0.4, -0.2) is 78.2 Å². The minimum Gasteiger partial charge on any atom is -0.379 e.